The molecule has 0 aromatic heterocycles. The molecule has 1 aromatic carbocycles. The minimum Gasteiger partial charge on any atom is -0.476 e. The zero-order chi connectivity index (χ0) is 21.2. The summed E-state index contributed by atoms with van der Waals surface area (Å²) in [4.78, 5) is 25.9. The Bertz CT molecular complexity index is 1110. The number of carbonyl (C=O) groups excluding carboxylic acids is 1. The van der Waals surface area contributed by atoms with E-state index in [0.717, 1.165) is 22.8 Å². The Morgan fingerprint density at radius 1 is 1.17 bits per heavy atom. The first-order valence-electron chi connectivity index (χ1n) is 8.50. The predicted octanol–water partition coefficient (Wildman–Crippen LogP) is 1.94. The molecule has 0 bridgehead atoms. The Morgan fingerprint density at radius 2 is 1.86 bits per heavy atom. The molecule has 1 aromatic rings. The topological polar surface area (TPSA) is 128 Å². The minimum absolute atomic E-state index is 0.108. The largest absolute Gasteiger partial charge is 0.476 e. The van der Waals surface area contributed by atoms with Crippen LogP contribution in [0.1, 0.15) is 6.92 Å². The molecule has 0 saturated heterocycles. The van der Waals surface area contributed by atoms with Crippen molar-refractivity contribution < 1.29 is 27.7 Å². The number of nitrogens with zero attached hydrogens (tertiary/aromatic N) is 3. The maximum atomic E-state index is 12.8. The average Bonchev–Trinajstić information content (AvgIpc) is 3.02. The normalized spacial score (nSPS) is 19.4. The SMILES string of the molecule is CCN1C=CC=C/C1=C/C=C1\C(=O)N(c2ccc(S(=O)(=O)O)cc2)N=C1C(=O)O. The number of carboxylic acid groups (broad SMARTS) is 1. The number of aliphatic carboxylic acids is 1. The summed E-state index contributed by atoms with van der Waals surface area (Å²) in [5.74, 6) is -2.04. The molecule has 0 radical (unpaired) electrons. The smallest absolute Gasteiger partial charge is 0.357 e. The third-order valence-corrected chi connectivity index (χ3v) is 5.06. The van der Waals surface area contributed by atoms with Gasteiger partial charge in [-0.05, 0) is 55.5 Å². The molecule has 2 aliphatic heterocycles. The molecule has 2 N–H and O–H groups in total. The van der Waals surface area contributed by atoms with E-state index in [1.54, 1.807) is 6.08 Å². The second-order valence-electron chi connectivity index (χ2n) is 6.00. The first-order chi connectivity index (χ1) is 13.7. The molecule has 2 aliphatic rings. The van der Waals surface area contributed by atoms with E-state index in [1.165, 1.54) is 18.2 Å². The fourth-order valence-corrected chi connectivity index (χ4v) is 3.23. The highest BCUT2D eigenvalue weighted by atomic mass is 32.2. The second kappa shape index (κ2) is 7.86. The number of carboxylic acids is 1. The van der Waals surface area contributed by atoms with Gasteiger partial charge in [-0.15, -0.1) is 0 Å². The number of allylic oxidation sites excluding steroid dienone is 5. The monoisotopic (exact) mass is 415 g/mol. The fourth-order valence-electron chi connectivity index (χ4n) is 2.75. The highest BCUT2D eigenvalue weighted by Crippen LogP contribution is 2.25. The summed E-state index contributed by atoms with van der Waals surface area (Å²) >= 11 is 0. The standard InChI is InChI=1S/C19H17N3O6S/c1-2-21-12-4-3-5-13(21)8-11-16-17(19(24)25)20-22(18(16)23)14-6-9-15(10-7-14)29(26,27)28/h3-12H,2H2,1H3,(H,24,25)(H,26,27,28)/b13-8-,16-11-. The molecule has 0 fully saturated rings. The lowest BCUT2D eigenvalue weighted by atomic mass is 10.1. The summed E-state index contributed by atoms with van der Waals surface area (Å²) in [5, 5.41) is 14.2. The highest BCUT2D eigenvalue weighted by molar-refractivity contribution is 7.85. The minimum atomic E-state index is -4.39. The van der Waals surface area contributed by atoms with E-state index in [1.807, 2.05) is 36.3 Å². The van der Waals surface area contributed by atoms with E-state index in [4.69, 9.17) is 4.55 Å². The van der Waals surface area contributed by atoms with Gasteiger partial charge in [0.05, 0.1) is 16.2 Å². The van der Waals surface area contributed by atoms with Crippen LogP contribution in [0.2, 0.25) is 0 Å². The van der Waals surface area contributed by atoms with Gasteiger partial charge in [-0.2, -0.15) is 18.5 Å². The third kappa shape index (κ3) is 4.18. The molecule has 150 valence electrons. The van der Waals surface area contributed by atoms with Crippen LogP contribution in [0.25, 0.3) is 0 Å². The zero-order valence-electron chi connectivity index (χ0n) is 15.3. The van der Waals surface area contributed by atoms with Gasteiger partial charge in [0.2, 0.25) is 0 Å². The Labute approximate surface area is 167 Å². The molecule has 10 heteroatoms. The molecule has 1 amide bonds. The second-order valence-corrected chi connectivity index (χ2v) is 7.42. The number of rotatable bonds is 5. The lowest BCUT2D eigenvalue weighted by Crippen LogP contribution is -2.22. The molecular weight excluding hydrogens is 398 g/mol. The van der Waals surface area contributed by atoms with E-state index in [0.29, 0.717) is 6.54 Å². The van der Waals surface area contributed by atoms with Crippen molar-refractivity contribution in [1.82, 2.24) is 4.90 Å². The van der Waals surface area contributed by atoms with Crippen LogP contribution in [-0.4, -0.2) is 47.1 Å². The highest BCUT2D eigenvalue weighted by Gasteiger charge is 2.35. The van der Waals surface area contributed by atoms with Crippen molar-refractivity contribution in [2.45, 2.75) is 11.8 Å². The number of benzene rings is 1. The van der Waals surface area contributed by atoms with E-state index in [9.17, 15) is 23.1 Å². The number of hydrogen-bond acceptors (Lipinski definition) is 6. The number of hydrazone groups is 1. The predicted molar refractivity (Wildman–Crippen MR) is 106 cm³/mol. The van der Waals surface area contributed by atoms with Crippen LogP contribution in [0.4, 0.5) is 5.69 Å². The first-order valence-corrected chi connectivity index (χ1v) is 9.94. The summed E-state index contributed by atoms with van der Waals surface area (Å²) in [7, 11) is -4.39. The lowest BCUT2D eigenvalue weighted by molar-refractivity contribution is -0.129. The van der Waals surface area contributed by atoms with Gasteiger partial charge < -0.3 is 10.0 Å². The molecule has 3 rings (SSSR count). The van der Waals surface area contributed by atoms with Crippen LogP contribution in [0, 0.1) is 0 Å². The molecule has 9 nitrogen and oxygen atoms in total. The van der Waals surface area contributed by atoms with Crippen molar-refractivity contribution in [2.24, 2.45) is 5.10 Å². The quantitative estimate of drug-likeness (QED) is 0.556. The Kier molecular flexibility index (Phi) is 5.48. The summed E-state index contributed by atoms with van der Waals surface area (Å²) in [5.41, 5.74) is 0.399. The van der Waals surface area contributed by atoms with Gasteiger partial charge >= 0.3 is 5.97 Å². The summed E-state index contributed by atoms with van der Waals surface area (Å²) in [6, 6.07) is 4.68. The molecule has 0 atom stereocenters. The van der Waals surface area contributed by atoms with E-state index < -0.39 is 27.7 Å². The van der Waals surface area contributed by atoms with Crippen LogP contribution in [0.5, 0.6) is 0 Å². The van der Waals surface area contributed by atoms with Crippen molar-refractivity contribution in [1.29, 1.82) is 0 Å². The van der Waals surface area contributed by atoms with Crippen LogP contribution in [0.3, 0.4) is 0 Å². The van der Waals surface area contributed by atoms with E-state index in [-0.39, 0.29) is 16.2 Å². The number of hydrogen-bond donors (Lipinski definition) is 2. The Morgan fingerprint density at radius 3 is 2.45 bits per heavy atom. The molecule has 0 saturated carbocycles. The number of likely N-dealkylation sites (N-methyl/N-ethyl adjacent to an activating group) is 1. The summed E-state index contributed by atoms with van der Waals surface area (Å²) in [6.45, 7) is 2.64. The van der Waals surface area contributed by atoms with Gasteiger partial charge in [-0.3, -0.25) is 9.35 Å². The Hall–Kier alpha value is -3.50. The number of amides is 1. The van der Waals surface area contributed by atoms with Crippen LogP contribution >= 0.6 is 0 Å². The average molecular weight is 415 g/mol. The number of anilines is 1. The van der Waals surface area contributed by atoms with Gasteiger partial charge in [0.15, 0.2) is 5.71 Å². The summed E-state index contributed by atoms with van der Waals surface area (Å²) in [6.07, 6.45) is 10.4. The van der Waals surface area contributed by atoms with Crippen molar-refractivity contribution in [3.8, 4) is 0 Å². The van der Waals surface area contributed by atoms with E-state index in [2.05, 4.69) is 5.10 Å². The van der Waals surface area contributed by atoms with Crippen molar-refractivity contribution in [3.63, 3.8) is 0 Å². The zero-order valence-corrected chi connectivity index (χ0v) is 16.1. The molecule has 0 aliphatic carbocycles. The lowest BCUT2D eigenvalue weighted by Gasteiger charge is -2.21. The molecule has 2 heterocycles. The Balaban J connectivity index is 1.96. The first kappa shape index (κ1) is 20.2. The van der Waals surface area contributed by atoms with Gasteiger partial charge in [-0.1, -0.05) is 6.08 Å². The maximum Gasteiger partial charge on any atom is 0.357 e. The number of carbonyl (C=O) groups is 2. The van der Waals surface area contributed by atoms with E-state index >= 15 is 0 Å². The van der Waals surface area contributed by atoms with Crippen molar-refractivity contribution >= 4 is 33.4 Å². The van der Waals surface area contributed by atoms with Crippen molar-refractivity contribution in [3.05, 3.63) is 72.1 Å². The molecular formula is C19H17N3O6S. The van der Waals surface area contributed by atoms with Gasteiger partial charge in [0.1, 0.15) is 0 Å². The molecule has 29 heavy (non-hydrogen) atoms. The van der Waals surface area contributed by atoms with Crippen LogP contribution < -0.4 is 5.01 Å². The van der Waals surface area contributed by atoms with Gasteiger partial charge in [-0.25, -0.2) is 4.79 Å². The fraction of sp³-hybridized carbons (Fsp3) is 0.105. The van der Waals surface area contributed by atoms with Gasteiger partial charge in [0, 0.05) is 18.4 Å². The van der Waals surface area contributed by atoms with Gasteiger partial charge in [0.25, 0.3) is 16.0 Å². The van der Waals surface area contributed by atoms with Crippen LogP contribution in [0.15, 0.2) is 82.1 Å². The third-order valence-electron chi connectivity index (χ3n) is 4.20. The summed E-state index contributed by atoms with van der Waals surface area (Å²) < 4.78 is 31.3. The molecule has 0 spiro atoms. The maximum absolute atomic E-state index is 12.8. The van der Waals surface area contributed by atoms with Crippen molar-refractivity contribution in [2.75, 3.05) is 11.6 Å². The molecule has 0 unspecified atom stereocenters. The van der Waals surface area contributed by atoms with Crippen LogP contribution in [-0.2, 0) is 19.7 Å².